The van der Waals surface area contributed by atoms with E-state index in [0.717, 1.165) is 32.2 Å². The minimum absolute atomic E-state index is 0.0633. The number of hydrogen-bond acceptors (Lipinski definition) is 6. The van der Waals surface area contributed by atoms with Crippen molar-refractivity contribution in [3.63, 3.8) is 0 Å². The van der Waals surface area contributed by atoms with E-state index in [4.69, 9.17) is 4.74 Å². The van der Waals surface area contributed by atoms with Gasteiger partial charge in [0.25, 0.3) is 5.88 Å². The molecule has 7 nitrogen and oxygen atoms in total. The maximum absolute atomic E-state index is 12.0. The highest BCUT2D eigenvalue weighted by molar-refractivity contribution is 7.90. The second-order valence-electron chi connectivity index (χ2n) is 5.83. The molecule has 0 bridgehead atoms. The lowest BCUT2D eigenvalue weighted by Gasteiger charge is -2.19. The summed E-state index contributed by atoms with van der Waals surface area (Å²) < 4.78 is 32.5. The van der Waals surface area contributed by atoms with E-state index in [2.05, 4.69) is 14.7 Å². The summed E-state index contributed by atoms with van der Waals surface area (Å²) in [6.07, 6.45) is 6.49. The van der Waals surface area contributed by atoms with Gasteiger partial charge in [-0.3, -0.25) is 0 Å². The van der Waals surface area contributed by atoms with Crippen LogP contribution in [0.15, 0.2) is 12.4 Å². The van der Waals surface area contributed by atoms with E-state index in [1.165, 1.54) is 0 Å². The molecular formula is C14H22N4O3S. The molecule has 1 atom stereocenters. The van der Waals surface area contributed by atoms with Gasteiger partial charge in [-0.2, -0.15) is 0 Å². The number of nitrogens with zero attached hydrogens (tertiary/aromatic N) is 3. The SMILES string of the molecule is CCCOc1nccnc1N1CC[C@H](NS(=O)(=O)C2CC2)C1. The van der Waals surface area contributed by atoms with E-state index in [1.807, 2.05) is 11.8 Å². The molecule has 2 heterocycles. The minimum Gasteiger partial charge on any atom is -0.475 e. The van der Waals surface area contributed by atoms with Crippen LogP contribution in [0.2, 0.25) is 0 Å². The van der Waals surface area contributed by atoms with Crippen LogP contribution >= 0.6 is 0 Å². The third-order valence-corrected chi connectivity index (χ3v) is 5.88. The van der Waals surface area contributed by atoms with E-state index in [0.29, 0.717) is 24.8 Å². The van der Waals surface area contributed by atoms with Gasteiger partial charge in [-0.05, 0) is 25.7 Å². The largest absolute Gasteiger partial charge is 0.475 e. The average Bonchev–Trinajstić information content (AvgIpc) is 3.28. The van der Waals surface area contributed by atoms with Gasteiger partial charge in [-0.25, -0.2) is 23.1 Å². The first-order chi connectivity index (χ1) is 10.6. The number of nitrogens with one attached hydrogen (secondary N) is 1. The summed E-state index contributed by atoms with van der Waals surface area (Å²) in [5.74, 6) is 1.22. The maximum atomic E-state index is 12.0. The van der Waals surface area contributed by atoms with Crippen molar-refractivity contribution in [2.24, 2.45) is 0 Å². The molecule has 1 N–H and O–H groups in total. The molecule has 3 rings (SSSR count). The van der Waals surface area contributed by atoms with Crippen molar-refractivity contribution in [3.05, 3.63) is 12.4 Å². The molecule has 2 aliphatic rings. The van der Waals surface area contributed by atoms with Gasteiger partial charge >= 0.3 is 0 Å². The molecule has 0 unspecified atom stereocenters. The smallest absolute Gasteiger partial charge is 0.257 e. The Hall–Kier alpha value is -1.41. The van der Waals surface area contributed by atoms with Crippen molar-refractivity contribution in [3.8, 4) is 5.88 Å². The van der Waals surface area contributed by atoms with Crippen LogP contribution in [-0.2, 0) is 10.0 Å². The number of rotatable bonds is 7. The number of hydrogen-bond donors (Lipinski definition) is 1. The van der Waals surface area contributed by atoms with Gasteiger partial charge in [0, 0.05) is 31.5 Å². The Balaban J connectivity index is 1.65. The normalized spacial score (nSPS) is 22.0. The van der Waals surface area contributed by atoms with Crippen LogP contribution in [0.4, 0.5) is 5.82 Å². The van der Waals surface area contributed by atoms with E-state index >= 15 is 0 Å². The second-order valence-corrected chi connectivity index (χ2v) is 7.82. The molecular weight excluding hydrogens is 304 g/mol. The predicted octanol–water partition coefficient (Wildman–Crippen LogP) is 0.926. The van der Waals surface area contributed by atoms with Crippen LogP contribution in [0.3, 0.4) is 0 Å². The van der Waals surface area contributed by atoms with Gasteiger partial charge in [0.05, 0.1) is 11.9 Å². The lowest BCUT2D eigenvalue weighted by atomic mass is 10.3. The van der Waals surface area contributed by atoms with E-state index < -0.39 is 10.0 Å². The zero-order valence-electron chi connectivity index (χ0n) is 12.7. The molecule has 1 aromatic heterocycles. The first-order valence-electron chi connectivity index (χ1n) is 7.80. The summed E-state index contributed by atoms with van der Waals surface area (Å²) in [7, 11) is -3.14. The Labute approximate surface area is 131 Å². The Kier molecular flexibility index (Phi) is 4.49. The van der Waals surface area contributed by atoms with Gasteiger partial charge in [0.1, 0.15) is 0 Å². The van der Waals surface area contributed by atoms with Crippen LogP contribution in [0.5, 0.6) is 5.88 Å². The second kappa shape index (κ2) is 6.37. The summed E-state index contributed by atoms with van der Waals surface area (Å²) in [5.41, 5.74) is 0. The molecule has 0 amide bonds. The summed E-state index contributed by atoms with van der Waals surface area (Å²) in [5, 5.41) is -0.179. The molecule has 8 heteroatoms. The molecule has 1 saturated heterocycles. The van der Waals surface area contributed by atoms with E-state index in [1.54, 1.807) is 12.4 Å². The molecule has 0 spiro atoms. The highest BCUT2D eigenvalue weighted by Crippen LogP contribution is 2.30. The van der Waals surface area contributed by atoms with Crippen LogP contribution in [0, 0.1) is 0 Å². The Bertz CT molecular complexity index is 618. The van der Waals surface area contributed by atoms with Gasteiger partial charge in [-0.15, -0.1) is 0 Å². The number of sulfonamides is 1. The molecule has 0 aromatic carbocycles. The van der Waals surface area contributed by atoms with Crippen LogP contribution in [0.25, 0.3) is 0 Å². The van der Waals surface area contributed by atoms with E-state index in [-0.39, 0.29) is 11.3 Å². The van der Waals surface area contributed by atoms with E-state index in [9.17, 15) is 8.42 Å². The highest BCUT2D eigenvalue weighted by atomic mass is 32.2. The predicted molar refractivity (Wildman–Crippen MR) is 83.5 cm³/mol. The Morgan fingerprint density at radius 1 is 1.32 bits per heavy atom. The van der Waals surface area contributed by atoms with Gasteiger partial charge < -0.3 is 9.64 Å². The topological polar surface area (TPSA) is 84.4 Å². The van der Waals surface area contributed by atoms with Crippen LogP contribution < -0.4 is 14.4 Å². The quantitative estimate of drug-likeness (QED) is 0.802. The fraction of sp³-hybridized carbons (Fsp3) is 0.714. The van der Waals surface area contributed by atoms with Crippen LogP contribution in [-0.4, -0.2) is 49.4 Å². The van der Waals surface area contributed by atoms with Crippen LogP contribution in [0.1, 0.15) is 32.6 Å². The highest BCUT2D eigenvalue weighted by Gasteiger charge is 2.38. The number of aromatic nitrogens is 2. The third kappa shape index (κ3) is 3.49. The fourth-order valence-electron chi connectivity index (χ4n) is 2.59. The third-order valence-electron chi connectivity index (χ3n) is 3.87. The summed E-state index contributed by atoms with van der Waals surface area (Å²) >= 11 is 0. The molecule has 1 aliphatic carbocycles. The van der Waals surface area contributed by atoms with Gasteiger partial charge in [0.2, 0.25) is 10.0 Å². The fourth-order valence-corrected chi connectivity index (χ4v) is 4.20. The zero-order chi connectivity index (χ0) is 15.6. The average molecular weight is 326 g/mol. The zero-order valence-corrected chi connectivity index (χ0v) is 13.6. The maximum Gasteiger partial charge on any atom is 0.257 e. The molecule has 22 heavy (non-hydrogen) atoms. The van der Waals surface area contributed by atoms with Crippen molar-refractivity contribution >= 4 is 15.8 Å². The standard InChI is InChI=1S/C14H22N4O3S/c1-2-9-21-14-13(15-6-7-16-14)18-8-5-11(10-18)17-22(19,20)12-3-4-12/h6-7,11-12,17H,2-5,8-10H2,1H3/t11-/m0/s1. The van der Waals surface area contributed by atoms with Crippen molar-refractivity contribution in [1.29, 1.82) is 0 Å². The molecule has 1 aliphatic heterocycles. The Morgan fingerprint density at radius 2 is 2.09 bits per heavy atom. The Morgan fingerprint density at radius 3 is 2.82 bits per heavy atom. The first kappa shape index (κ1) is 15.5. The molecule has 1 aromatic rings. The first-order valence-corrected chi connectivity index (χ1v) is 9.34. The monoisotopic (exact) mass is 326 g/mol. The van der Waals surface area contributed by atoms with Gasteiger partial charge in [0.15, 0.2) is 5.82 Å². The molecule has 0 radical (unpaired) electrons. The summed E-state index contributed by atoms with van der Waals surface area (Å²) in [4.78, 5) is 10.6. The molecule has 122 valence electrons. The lowest BCUT2D eigenvalue weighted by Crippen LogP contribution is -2.39. The molecule has 2 fully saturated rings. The summed E-state index contributed by atoms with van der Waals surface area (Å²) in [6.45, 7) is 3.98. The minimum atomic E-state index is -3.14. The van der Waals surface area contributed by atoms with Crippen molar-refractivity contribution in [2.45, 2.75) is 43.9 Å². The molecule has 1 saturated carbocycles. The van der Waals surface area contributed by atoms with Gasteiger partial charge in [-0.1, -0.05) is 6.92 Å². The van der Waals surface area contributed by atoms with Crippen molar-refractivity contribution < 1.29 is 13.2 Å². The lowest BCUT2D eigenvalue weighted by molar-refractivity contribution is 0.304. The van der Waals surface area contributed by atoms with Crippen molar-refractivity contribution in [1.82, 2.24) is 14.7 Å². The van der Waals surface area contributed by atoms with Crippen molar-refractivity contribution in [2.75, 3.05) is 24.6 Å². The number of ether oxygens (including phenoxy) is 1. The number of anilines is 1. The summed E-state index contributed by atoms with van der Waals surface area (Å²) in [6, 6.07) is -0.0633.